The van der Waals surface area contributed by atoms with Crippen molar-refractivity contribution < 1.29 is 9.21 Å². The average molecular weight is 408 g/mol. The molecule has 0 bridgehead atoms. The largest absolute Gasteiger partial charge is 0.424 e. The van der Waals surface area contributed by atoms with Crippen molar-refractivity contribution in [1.29, 1.82) is 5.26 Å². The lowest BCUT2D eigenvalue weighted by atomic mass is 10.3. The van der Waals surface area contributed by atoms with Crippen LogP contribution in [0.25, 0.3) is 11.0 Å². The molecule has 1 aromatic carbocycles. The number of anilines is 1. The van der Waals surface area contributed by atoms with Gasteiger partial charge in [-0.15, -0.1) is 0 Å². The zero-order valence-electron chi connectivity index (χ0n) is 16.3. The maximum Gasteiger partial charge on any atom is 0.234 e. The fourth-order valence-corrected chi connectivity index (χ4v) is 4.15. The van der Waals surface area contributed by atoms with E-state index in [9.17, 15) is 10.1 Å². The maximum atomic E-state index is 12.7. The number of benzene rings is 1. The van der Waals surface area contributed by atoms with E-state index in [-0.39, 0.29) is 5.91 Å². The number of thioether (sulfide) groups is 1. The van der Waals surface area contributed by atoms with Crippen LogP contribution in [0.1, 0.15) is 17.3 Å². The molecule has 29 heavy (non-hydrogen) atoms. The van der Waals surface area contributed by atoms with E-state index in [0.717, 1.165) is 21.8 Å². The first kappa shape index (κ1) is 19.2. The summed E-state index contributed by atoms with van der Waals surface area (Å²) in [5, 5.41) is 9.98. The third kappa shape index (κ3) is 4.03. The van der Waals surface area contributed by atoms with Gasteiger partial charge in [-0.2, -0.15) is 5.26 Å². The molecule has 0 saturated carbocycles. The Morgan fingerprint density at radius 3 is 2.52 bits per heavy atom. The van der Waals surface area contributed by atoms with Gasteiger partial charge in [0.2, 0.25) is 17.5 Å². The molecule has 0 unspecified atom stereocenters. The van der Waals surface area contributed by atoms with E-state index in [1.54, 1.807) is 6.92 Å². The molecule has 8 nitrogen and oxygen atoms in total. The highest BCUT2D eigenvalue weighted by Gasteiger charge is 2.26. The van der Waals surface area contributed by atoms with E-state index < -0.39 is 0 Å². The predicted octanol–water partition coefficient (Wildman–Crippen LogP) is 2.55. The van der Waals surface area contributed by atoms with E-state index >= 15 is 0 Å². The molecule has 0 radical (unpaired) electrons. The lowest BCUT2D eigenvalue weighted by Gasteiger charge is -2.34. The number of carbonyl (C=O) groups excluding carboxylic acids is 1. The molecule has 1 aliphatic rings. The van der Waals surface area contributed by atoms with Crippen LogP contribution in [0.4, 0.5) is 5.88 Å². The third-order valence-electron chi connectivity index (χ3n) is 4.78. The molecule has 0 N–H and O–H groups in total. The highest BCUT2D eigenvalue weighted by atomic mass is 32.2. The average Bonchev–Trinajstić information content (AvgIpc) is 3.13. The number of para-hydroxylation sites is 2. The summed E-state index contributed by atoms with van der Waals surface area (Å²) in [6, 6.07) is 9.78. The second-order valence-electron chi connectivity index (χ2n) is 6.76. The summed E-state index contributed by atoms with van der Waals surface area (Å²) >= 11 is 1.42. The van der Waals surface area contributed by atoms with Crippen molar-refractivity contribution in [2.75, 3.05) is 36.8 Å². The van der Waals surface area contributed by atoms with Gasteiger partial charge in [0.15, 0.2) is 5.89 Å². The second kappa shape index (κ2) is 8.09. The van der Waals surface area contributed by atoms with Crippen LogP contribution < -0.4 is 4.90 Å². The Morgan fingerprint density at radius 2 is 1.83 bits per heavy atom. The van der Waals surface area contributed by atoms with Gasteiger partial charge in [0.05, 0.1) is 22.5 Å². The first-order chi connectivity index (χ1) is 14.0. The van der Waals surface area contributed by atoms with Crippen LogP contribution in [0, 0.1) is 25.2 Å². The zero-order valence-corrected chi connectivity index (χ0v) is 17.1. The van der Waals surface area contributed by atoms with Crippen LogP contribution in [0.5, 0.6) is 0 Å². The van der Waals surface area contributed by atoms with Gasteiger partial charge in [0.1, 0.15) is 11.1 Å². The first-order valence-corrected chi connectivity index (χ1v) is 10.3. The lowest BCUT2D eigenvalue weighted by molar-refractivity contribution is -0.128. The molecule has 0 aliphatic carbocycles. The van der Waals surface area contributed by atoms with Gasteiger partial charge in [0.25, 0.3) is 0 Å². The molecule has 1 aliphatic heterocycles. The van der Waals surface area contributed by atoms with E-state index in [1.165, 1.54) is 11.8 Å². The number of aromatic nitrogens is 3. The summed E-state index contributed by atoms with van der Waals surface area (Å²) in [7, 11) is 0. The van der Waals surface area contributed by atoms with Crippen molar-refractivity contribution in [2.24, 2.45) is 0 Å². The molecule has 0 atom stereocenters. The topological polar surface area (TPSA) is 99.2 Å². The van der Waals surface area contributed by atoms with Gasteiger partial charge in [-0.1, -0.05) is 23.9 Å². The number of rotatable bonds is 4. The lowest BCUT2D eigenvalue weighted by Crippen LogP contribution is -2.49. The molecule has 0 spiro atoms. The predicted molar refractivity (Wildman–Crippen MR) is 110 cm³/mol. The van der Waals surface area contributed by atoms with Crippen LogP contribution >= 0.6 is 11.8 Å². The summed E-state index contributed by atoms with van der Waals surface area (Å²) in [6.07, 6.45) is 0. The summed E-state index contributed by atoms with van der Waals surface area (Å²) in [4.78, 5) is 29.8. The molecule has 148 valence electrons. The maximum absolute atomic E-state index is 12.7. The van der Waals surface area contributed by atoms with Crippen molar-refractivity contribution in [3.8, 4) is 6.07 Å². The number of oxazole rings is 1. The summed E-state index contributed by atoms with van der Waals surface area (Å²) in [6.45, 7) is 6.00. The summed E-state index contributed by atoms with van der Waals surface area (Å²) < 4.78 is 5.56. The summed E-state index contributed by atoms with van der Waals surface area (Å²) in [5.41, 5.74) is 2.81. The molecule has 1 saturated heterocycles. The van der Waals surface area contributed by atoms with Gasteiger partial charge in [0, 0.05) is 33.1 Å². The molecule has 9 heteroatoms. The number of fused-ring (bicyclic) bond motifs is 1. The van der Waals surface area contributed by atoms with Crippen LogP contribution in [-0.4, -0.2) is 57.7 Å². The van der Waals surface area contributed by atoms with Crippen molar-refractivity contribution >= 4 is 34.6 Å². The van der Waals surface area contributed by atoms with Gasteiger partial charge < -0.3 is 14.2 Å². The fourth-order valence-electron chi connectivity index (χ4n) is 3.29. The Balaban J connectivity index is 1.36. The number of hydrogen-bond donors (Lipinski definition) is 0. The molecular formula is C20H20N6O2S. The van der Waals surface area contributed by atoms with Crippen molar-refractivity contribution in [2.45, 2.75) is 18.9 Å². The number of hydrogen-bond acceptors (Lipinski definition) is 8. The molecular weight excluding hydrogens is 388 g/mol. The van der Waals surface area contributed by atoms with E-state index in [1.807, 2.05) is 41.0 Å². The second-order valence-corrected chi connectivity index (χ2v) is 7.72. The van der Waals surface area contributed by atoms with Crippen molar-refractivity contribution in [3.63, 3.8) is 0 Å². The van der Waals surface area contributed by atoms with E-state index in [4.69, 9.17) is 4.42 Å². The summed E-state index contributed by atoms with van der Waals surface area (Å²) in [5.74, 6) is 1.35. The zero-order chi connectivity index (χ0) is 20.4. The van der Waals surface area contributed by atoms with Gasteiger partial charge in [-0.25, -0.2) is 15.0 Å². The molecule has 1 amide bonds. The van der Waals surface area contributed by atoms with Gasteiger partial charge >= 0.3 is 0 Å². The molecule has 3 heterocycles. The first-order valence-electron chi connectivity index (χ1n) is 9.31. The SMILES string of the molecule is Cc1nc(C#N)c(N2CCN(C(=O)CSc3nc4ccccc4nc3C)CC2)o1. The molecule has 2 aromatic heterocycles. The number of nitrogens with zero attached hydrogens (tertiary/aromatic N) is 6. The minimum atomic E-state index is 0.0678. The number of nitriles is 1. The fraction of sp³-hybridized carbons (Fsp3) is 0.350. The Bertz CT molecular complexity index is 1100. The Morgan fingerprint density at radius 1 is 1.14 bits per heavy atom. The van der Waals surface area contributed by atoms with Crippen molar-refractivity contribution in [3.05, 3.63) is 41.5 Å². The number of carbonyl (C=O) groups is 1. The third-order valence-corrected chi connectivity index (χ3v) is 5.83. The quantitative estimate of drug-likeness (QED) is 0.607. The molecule has 3 aromatic rings. The Kier molecular flexibility index (Phi) is 5.36. The highest BCUT2D eigenvalue weighted by Crippen LogP contribution is 2.24. The number of aryl methyl sites for hydroxylation is 2. The highest BCUT2D eigenvalue weighted by molar-refractivity contribution is 7.99. The Hall–Kier alpha value is -3.12. The van der Waals surface area contributed by atoms with Crippen molar-refractivity contribution in [1.82, 2.24) is 19.9 Å². The van der Waals surface area contributed by atoms with Crippen LogP contribution in [-0.2, 0) is 4.79 Å². The number of amides is 1. The molecule has 1 fully saturated rings. The Labute approximate surface area is 172 Å². The monoisotopic (exact) mass is 408 g/mol. The van der Waals surface area contributed by atoms with E-state index in [0.29, 0.717) is 49.4 Å². The van der Waals surface area contributed by atoms with Gasteiger partial charge in [-0.3, -0.25) is 4.79 Å². The smallest absolute Gasteiger partial charge is 0.234 e. The van der Waals surface area contributed by atoms with Gasteiger partial charge in [-0.05, 0) is 19.1 Å². The number of piperazine rings is 1. The van der Waals surface area contributed by atoms with Crippen LogP contribution in [0.15, 0.2) is 33.7 Å². The molecule has 4 rings (SSSR count). The normalized spacial score (nSPS) is 14.2. The minimum absolute atomic E-state index is 0.0678. The van der Waals surface area contributed by atoms with E-state index in [2.05, 4.69) is 21.0 Å². The van der Waals surface area contributed by atoms with Crippen LogP contribution in [0.3, 0.4) is 0 Å². The standard InChI is InChI=1S/C20H20N6O2S/c1-13-19(24-16-6-4-3-5-15(16)22-13)29-12-18(27)25-7-9-26(10-8-25)20-17(11-21)23-14(2)28-20/h3-6H,7-10,12H2,1-2H3. The van der Waals surface area contributed by atoms with Crippen LogP contribution in [0.2, 0.25) is 0 Å². The minimum Gasteiger partial charge on any atom is -0.424 e.